The van der Waals surface area contributed by atoms with Crippen molar-refractivity contribution in [3.63, 3.8) is 0 Å². The van der Waals surface area contributed by atoms with E-state index in [1.165, 1.54) is 12.8 Å². The van der Waals surface area contributed by atoms with Crippen LogP contribution in [-0.2, 0) is 0 Å². The summed E-state index contributed by atoms with van der Waals surface area (Å²) >= 11 is 6.20. The van der Waals surface area contributed by atoms with Crippen LogP contribution in [-0.4, -0.2) is 44.5 Å². The number of hydrogen-bond acceptors (Lipinski definition) is 3. The van der Waals surface area contributed by atoms with Crippen molar-refractivity contribution in [2.24, 2.45) is 5.92 Å². The number of anilines is 1. The summed E-state index contributed by atoms with van der Waals surface area (Å²) in [7, 11) is 3.50. The number of halogens is 1. The molecule has 20 heavy (non-hydrogen) atoms. The first-order valence-electron chi connectivity index (χ1n) is 7.03. The van der Waals surface area contributed by atoms with Gasteiger partial charge >= 0.3 is 0 Å². The van der Waals surface area contributed by atoms with E-state index in [1.54, 1.807) is 31.1 Å². The first-order chi connectivity index (χ1) is 9.58. The average molecular weight is 296 g/mol. The highest BCUT2D eigenvalue weighted by molar-refractivity contribution is 6.33. The fourth-order valence-electron chi connectivity index (χ4n) is 2.39. The standard InChI is InChI=1S/C15H22ClN3O/c1-19(2)15(20)12-3-4-13(16)14(9-12)18-10-11-5-7-17-8-6-11/h3-4,9,11,17-18H,5-8,10H2,1-2H3. The van der Waals surface area contributed by atoms with Gasteiger partial charge in [-0.25, -0.2) is 0 Å². The van der Waals surface area contributed by atoms with Gasteiger partial charge < -0.3 is 15.5 Å². The fourth-order valence-corrected chi connectivity index (χ4v) is 2.58. The van der Waals surface area contributed by atoms with Crippen LogP contribution >= 0.6 is 11.6 Å². The molecular formula is C15H22ClN3O. The molecule has 1 fully saturated rings. The van der Waals surface area contributed by atoms with Gasteiger partial charge in [0.15, 0.2) is 0 Å². The number of rotatable bonds is 4. The van der Waals surface area contributed by atoms with Gasteiger partial charge in [-0.15, -0.1) is 0 Å². The number of nitrogens with zero attached hydrogens (tertiary/aromatic N) is 1. The Balaban J connectivity index is 2.02. The smallest absolute Gasteiger partial charge is 0.253 e. The minimum absolute atomic E-state index is 0.00779. The Labute approximate surface area is 125 Å². The molecule has 110 valence electrons. The molecular weight excluding hydrogens is 274 g/mol. The predicted octanol–water partition coefficient (Wildman–Crippen LogP) is 2.45. The molecule has 0 radical (unpaired) electrons. The van der Waals surface area contributed by atoms with E-state index in [-0.39, 0.29) is 5.91 Å². The molecule has 2 N–H and O–H groups in total. The van der Waals surface area contributed by atoms with E-state index in [0.29, 0.717) is 16.5 Å². The summed E-state index contributed by atoms with van der Waals surface area (Å²) in [6.45, 7) is 3.07. The minimum atomic E-state index is -0.00779. The second kappa shape index (κ2) is 6.95. The zero-order valence-corrected chi connectivity index (χ0v) is 12.8. The number of amides is 1. The highest BCUT2D eigenvalue weighted by Crippen LogP contribution is 2.24. The summed E-state index contributed by atoms with van der Waals surface area (Å²) in [6.07, 6.45) is 2.36. The Morgan fingerprint density at radius 2 is 2.10 bits per heavy atom. The van der Waals surface area contributed by atoms with Crippen LogP contribution in [0.5, 0.6) is 0 Å². The second-order valence-electron chi connectivity index (χ2n) is 5.47. The van der Waals surface area contributed by atoms with E-state index < -0.39 is 0 Å². The highest BCUT2D eigenvalue weighted by atomic mass is 35.5. The summed E-state index contributed by atoms with van der Waals surface area (Å²) in [5.74, 6) is 0.659. The normalized spacial score (nSPS) is 15.9. The Morgan fingerprint density at radius 3 is 2.75 bits per heavy atom. The number of carbonyl (C=O) groups is 1. The van der Waals surface area contributed by atoms with Gasteiger partial charge in [-0.3, -0.25) is 4.79 Å². The number of hydrogen-bond donors (Lipinski definition) is 2. The van der Waals surface area contributed by atoms with Crippen LogP contribution in [0.2, 0.25) is 5.02 Å². The summed E-state index contributed by atoms with van der Waals surface area (Å²) in [6, 6.07) is 5.38. The maximum absolute atomic E-state index is 12.0. The Kier molecular flexibility index (Phi) is 5.26. The quantitative estimate of drug-likeness (QED) is 0.897. The van der Waals surface area contributed by atoms with Gasteiger partial charge in [-0.2, -0.15) is 0 Å². The van der Waals surface area contributed by atoms with Crippen molar-refractivity contribution in [1.29, 1.82) is 0 Å². The van der Waals surface area contributed by atoms with Gasteiger partial charge in [-0.05, 0) is 50.0 Å². The van der Waals surface area contributed by atoms with Crippen molar-refractivity contribution < 1.29 is 4.79 Å². The fraction of sp³-hybridized carbons (Fsp3) is 0.533. The van der Waals surface area contributed by atoms with E-state index in [1.807, 2.05) is 6.07 Å². The van der Waals surface area contributed by atoms with Crippen molar-refractivity contribution in [3.05, 3.63) is 28.8 Å². The molecule has 0 saturated carbocycles. The lowest BCUT2D eigenvalue weighted by Gasteiger charge is -2.23. The van der Waals surface area contributed by atoms with Crippen molar-refractivity contribution in [2.45, 2.75) is 12.8 Å². The lowest BCUT2D eigenvalue weighted by molar-refractivity contribution is 0.0827. The van der Waals surface area contributed by atoms with Gasteiger partial charge in [0.25, 0.3) is 5.91 Å². The van der Waals surface area contributed by atoms with Gasteiger partial charge in [0.2, 0.25) is 0 Å². The number of piperidine rings is 1. The molecule has 0 aromatic heterocycles. The van der Waals surface area contributed by atoms with Crippen LogP contribution < -0.4 is 10.6 Å². The van der Waals surface area contributed by atoms with Crippen LogP contribution in [0.15, 0.2) is 18.2 Å². The summed E-state index contributed by atoms with van der Waals surface area (Å²) in [4.78, 5) is 13.5. The van der Waals surface area contributed by atoms with Crippen molar-refractivity contribution >= 4 is 23.2 Å². The zero-order valence-electron chi connectivity index (χ0n) is 12.1. The van der Waals surface area contributed by atoms with E-state index in [0.717, 1.165) is 25.3 Å². The molecule has 1 aliphatic rings. The monoisotopic (exact) mass is 295 g/mol. The molecule has 1 aromatic rings. The number of nitrogens with one attached hydrogen (secondary N) is 2. The van der Waals surface area contributed by atoms with Gasteiger partial charge in [0.1, 0.15) is 0 Å². The van der Waals surface area contributed by atoms with Gasteiger partial charge in [-0.1, -0.05) is 11.6 Å². The van der Waals surface area contributed by atoms with Crippen LogP contribution in [0.4, 0.5) is 5.69 Å². The van der Waals surface area contributed by atoms with Crippen LogP contribution in [0.1, 0.15) is 23.2 Å². The van der Waals surface area contributed by atoms with E-state index >= 15 is 0 Å². The Morgan fingerprint density at radius 1 is 1.40 bits per heavy atom. The zero-order chi connectivity index (χ0) is 14.5. The summed E-state index contributed by atoms with van der Waals surface area (Å²) in [5, 5.41) is 7.40. The largest absolute Gasteiger partial charge is 0.384 e. The number of carbonyl (C=O) groups excluding carboxylic acids is 1. The molecule has 0 aliphatic carbocycles. The van der Waals surface area contributed by atoms with Crippen molar-refractivity contribution in [1.82, 2.24) is 10.2 Å². The molecule has 0 unspecified atom stereocenters. The summed E-state index contributed by atoms with van der Waals surface area (Å²) < 4.78 is 0. The van der Waals surface area contributed by atoms with E-state index in [4.69, 9.17) is 11.6 Å². The highest BCUT2D eigenvalue weighted by Gasteiger charge is 2.14. The minimum Gasteiger partial charge on any atom is -0.384 e. The molecule has 1 amide bonds. The maximum Gasteiger partial charge on any atom is 0.253 e. The van der Waals surface area contributed by atoms with Crippen LogP contribution in [0, 0.1) is 5.92 Å². The van der Waals surface area contributed by atoms with Crippen molar-refractivity contribution in [2.75, 3.05) is 39.0 Å². The molecule has 1 heterocycles. The Hall–Kier alpha value is -1.26. The lowest BCUT2D eigenvalue weighted by atomic mass is 9.98. The molecule has 0 bridgehead atoms. The molecule has 0 atom stereocenters. The summed E-state index contributed by atoms with van der Waals surface area (Å²) in [5.41, 5.74) is 1.50. The molecule has 4 nitrogen and oxygen atoms in total. The maximum atomic E-state index is 12.0. The molecule has 0 spiro atoms. The molecule has 2 rings (SSSR count). The molecule has 1 aromatic carbocycles. The third-order valence-corrected chi connectivity index (χ3v) is 3.99. The number of benzene rings is 1. The topological polar surface area (TPSA) is 44.4 Å². The second-order valence-corrected chi connectivity index (χ2v) is 5.88. The first kappa shape index (κ1) is 15.1. The molecule has 5 heteroatoms. The van der Waals surface area contributed by atoms with E-state index in [9.17, 15) is 4.79 Å². The third kappa shape index (κ3) is 3.87. The van der Waals surface area contributed by atoms with E-state index in [2.05, 4.69) is 10.6 Å². The average Bonchev–Trinajstić information content (AvgIpc) is 2.46. The third-order valence-electron chi connectivity index (χ3n) is 3.66. The van der Waals surface area contributed by atoms with Crippen LogP contribution in [0.3, 0.4) is 0 Å². The first-order valence-corrected chi connectivity index (χ1v) is 7.41. The van der Waals surface area contributed by atoms with Gasteiger partial charge in [0, 0.05) is 26.2 Å². The molecule has 1 aliphatic heterocycles. The van der Waals surface area contributed by atoms with Crippen molar-refractivity contribution in [3.8, 4) is 0 Å². The Bertz CT molecular complexity index is 470. The SMILES string of the molecule is CN(C)C(=O)c1ccc(Cl)c(NCC2CCNCC2)c1. The van der Waals surface area contributed by atoms with Crippen LogP contribution in [0.25, 0.3) is 0 Å². The van der Waals surface area contributed by atoms with Gasteiger partial charge in [0.05, 0.1) is 10.7 Å². The molecule has 1 saturated heterocycles. The predicted molar refractivity (Wildman–Crippen MR) is 83.6 cm³/mol. The lowest BCUT2D eigenvalue weighted by Crippen LogP contribution is -2.31.